The molecule has 1 aliphatic rings. The van der Waals surface area contributed by atoms with Crippen LogP contribution in [0, 0.1) is 0 Å². The van der Waals surface area contributed by atoms with Crippen molar-refractivity contribution < 1.29 is 14.3 Å². The number of benzene rings is 1. The maximum absolute atomic E-state index is 12.6. The van der Waals surface area contributed by atoms with E-state index >= 15 is 0 Å². The third-order valence-electron chi connectivity index (χ3n) is 3.99. The third kappa shape index (κ3) is 3.80. The number of amides is 1. The van der Waals surface area contributed by atoms with Crippen LogP contribution in [0.4, 0.5) is 0 Å². The molecule has 0 spiro atoms. The first-order valence-electron chi connectivity index (χ1n) is 7.54. The van der Waals surface area contributed by atoms with E-state index < -0.39 is 5.97 Å². The molecule has 1 amide bonds. The average Bonchev–Trinajstić information content (AvgIpc) is 2.54. The van der Waals surface area contributed by atoms with E-state index in [4.69, 9.17) is 4.74 Å². The zero-order valence-corrected chi connectivity index (χ0v) is 13.9. The van der Waals surface area contributed by atoms with Gasteiger partial charge in [0.15, 0.2) is 0 Å². The van der Waals surface area contributed by atoms with Crippen LogP contribution >= 0.6 is 0 Å². The summed E-state index contributed by atoms with van der Waals surface area (Å²) in [5.74, 6) is -0.593. The number of carbonyl (C=O) groups excluding carboxylic acids is 2. The Kier molecular flexibility index (Phi) is 5.21. The SMILES string of the molecule is COC(=O)C1=C(C)NC(C)=C(C(=O)NC(C)c2ccccc2)C1. The molecule has 0 bridgehead atoms. The second-order valence-electron chi connectivity index (χ2n) is 5.61. The Morgan fingerprint density at radius 1 is 1.13 bits per heavy atom. The average molecular weight is 314 g/mol. The highest BCUT2D eigenvalue weighted by Crippen LogP contribution is 2.24. The minimum atomic E-state index is -0.413. The number of hydrogen-bond acceptors (Lipinski definition) is 4. The van der Waals surface area contributed by atoms with E-state index in [2.05, 4.69) is 10.6 Å². The van der Waals surface area contributed by atoms with Crippen molar-refractivity contribution in [2.45, 2.75) is 33.2 Å². The van der Waals surface area contributed by atoms with E-state index in [-0.39, 0.29) is 18.4 Å². The van der Waals surface area contributed by atoms with E-state index in [1.807, 2.05) is 44.2 Å². The van der Waals surface area contributed by atoms with E-state index in [1.165, 1.54) is 7.11 Å². The number of hydrogen-bond donors (Lipinski definition) is 2. The summed E-state index contributed by atoms with van der Waals surface area (Å²) >= 11 is 0. The lowest BCUT2D eigenvalue weighted by atomic mass is 9.97. The van der Waals surface area contributed by atoms with Gasteiger partial charge in [0.2, 0.25) is 5.91 Å². The fraction of sp³-hybridized carbons (Fsp3) is 0.333. The van der Waals surface area contributed by atoms with Crippen LogP contribution in [0.5, 0.6) is 0 Å². The van der Waals surface area contributed by atoms with Crippen LogP contribution in [0.1, 0.15) is 38.8 Å². The van der Waals surface area contributed by atoms with Gasteiger partial charge in [-0.3, -0.25) is 4.79 Å². The molecular weight excluding hydrogens is 292 g/mol. The second kappa shape index (κ2) is 7.13. The first kappa shape index (κ1) is 16.8. The zero-order chi connectivity index (χ0) is 17.0. The lowest BCUT2D eigenvalue weighted by molar-refractivity contribution is -0.136. The Morgan fingerprint density at radius 3 is 2.35 bits per heavy atom. The summed E-state index contributed by atoms with van der Waals surface area (Å²) in [4.78, 5) is 24.4. The van der Waals surface area contributed by atoms with Gasteiger partial charge >= 0.3 is 5.97 Å². The maximum atomic E-state index is 12.6. The second-order valence-corrected chi connectivity index (χ2v) is 5.61. The summed E-state index contributed by atoms with van der Waals surface area (Å²) in [6, 6.07) is 9.63. The molecule has 0 aliphatic carbocycles. The summed E-state index contributed by atoms with van der Waals surface area (Å²) in [6.07, 6.45) is 0.269. The van der Waals surface area contributed by atoms with Gasteiger partial charge < -0.3 is 15.4 Å². The summed E-state index contributed by atoms with van der Waals surface area (Å²) < 4.78 is 4.78. The molecule has 5 heteroatoms. The van der Waals surface area contributed by atoms with Crippen LogP contribution in [-0.4, -0.2) is 19.0 Å². The molecule has 23 heavy (non-hydrogen) atoms. The Morgan fingerprint density at radius 2 is 1.74 bits per heavy atom. The molecule has 0 fully saturated rings. The molecule has 1 aromatic rings. The predicted octanol–water partition coefficient (Wildman–Crippen LogP) is 2.58. The number of carbonyl (C=O) groups is 2. The minimum Gasteiger partial charge on any atom is -0.466 e. The van der Waals surface area contributed by atoms with Crippen LogP contribution in [0.3, 0.4) is 0 Å². The van der Waals surface area contributed by atoms with Crippen LogP contribution in [0.25, 0.3) is 0 Å². The van der Waals surface area contributed by atoms with Crippen molar-refractivity contribution in [1.82, 2.24) is 10.6 Å². The van der Waals surface area contributed by atoms with Gasteiger partial charge in [0.1, 0.15) is 0 Å². The number of nitrogens with one attached hydrogen (secondary N) is 2. The van der Waals surface area contributed by atoms with E-state index in [0.717, 1.165) is 17.0 Å². The number of esters is 1. The van der Waals surface area contributed by atoms with Gasteiger partial charge in [0.25, 0.3) is 0 Å². The topological polar surface area (TPSA) is 67.4 Å². The summed E-state index contributed by atoms with van der Waals surface area (Å²) in [6.45, 7) is 5.57. The van der Waals surface area contributed by atoms with E-state index in [9.17, 15) is 9.59 Å². The van der Waals surface area contributed by atoms with Crippen molar-refractivity contribution in [3.8, 4) is 0 Å². The molecule has 122 valence electrons. The smallest absolute Gasteiger partial charge is 0.335 e. The highest BCUT2D eigenvalue weighted by Gasteiger charge is 2.26. The zero-order valence-electron chi connectivity index (χ0n) is 13.9. The quantitative estimate of drug-likeness (QED) is 0.838. The number of allylic oxidation sites excluding steroid dienone is 2. The largest absolute Gasteiger partial charge is 0.466 e. The molecule has 2 rings (SSSR count). The van der Waals surface area contributed by atoms with Crippen LogP contribution in [0.2, 0.25) is 0 Å². The number of rotatable bonds is 4. The lowest BCUT2D eigenvalue weighted by Gasteiger charge is -2.24. The van der Waals surface area contributed by atoms with Crippen molar-refractivity contribution in [2.75, 3.05) is 7.11 Å². The molecule has 1 unspecified atom stereocenters. The monoisotopic (exact) mass is 314 g/mol. The molecule has 1 atom stereocenters. The molecule has 0 radical (unpaired) electrons. The molecule has 0 saturated carbocycles. The first-order valence-corrected chi connectivity index (χ1v) is 7.54. The van der Waals surface area contributed by atoms with Crippen molar-refractivity contribution in [3.63, 3.8) is 0 Å². The van der Waals surface area contributed by atoms with Crippen molar-refractivity contribution in [1.29, 1.82) is 0 Å². The fourth-order valence-electron chi connectivity index (χ4n) is 2.58. The van der Waals surface area contributed by atoms with Crippen LogP contribution in [0.15, 0.2) is 52.9 Å². The molecule has 0 aromatic heterocycles. The number of ether oxygens (including phenoxy) is 1. The maximum Gasteiger partial charge on any atom is 0.335 e. The van der Waals surface area contributed by atoms with Gasteiger partial charge in [0, 0.05) is 23.4 Å². The standard InChI is InChI=1S/C18H22N2O3/c1-11(14-8-6-5-7-9-14)20-17(21)15-10-16(18(22)23-4)13(3)19-12(15)2/h5-9,11,19H,10H2,1-4H3,(H,20,21). The van der Waals surface area contributed by atoms with Gasteiger partial charge in [-0.2, -0.15) is 0 Å². The Labute approximate surface area is 136 Å². The Balaban J connectivity index is 2.13. The van der Waals surface area contributed by atoms with Gasteiger partial charge in [-0.1, -0.05) is 30.3 Å². The highest BCUT2D eigenvalue weighted by atomic mass is 16.5. The first-order chi connectivity index (χ1) is 10.9. The molecule has 1 aliphatic heterocycles. The highest BCUT2D eigenvalue weighted by molar-refractivity contribution is 5.99. The molecule has 2 N–H and O–H groups in total. The summed E-state index contributed by atoms with van der Waals surface area (Å²) in [5, 5.41) is 6.06. The summed E-state index contributed by atoms with van der Waals surface area (Å²) in [7, 11) is 1.34. The van der Waals surface area contributed by atoms with Crippen LogP contribution in [-0.2, 0) is 14.3 Å². The number of methoxy groups -OCH3 is 1. The molecule has 1 aromatic carbocycles. The van der Waals surface area contributed by atoms with Gasteiger partial charge in [-0.15, -0.1) is 0 Å². The number of dihydropyridines is 1. The lowest BCUT2D eigenvalue weighted by Crippen LogP contribution is -2.33. The molecule has 5 nitrogen and oxygen atoms in total. The predicted molar refractivity (Wildman–Crippen MR) is 88.2 cm³/mol. The van der Waals surface area contributed by atoms with E-state index in [1.54, 1.807) is 6.92 Å². The van der Waals surface area contributed by atoms with Gasteiger partial charge in [-0.25, -0.2) is 4.79 Å². The third-order valence-corrected chi connectivity index (χ3v) is 3.99. The summed E-state index contributed by atoms with van der Waals surface area (Å²) in [5.41, 5.74) is 3.55. The van der Waals surface area contributed by atoms with Gasteiger partial charge in [0.05, 0.1) is 18.7 Å². The van der Waals surface area contributed by atoms with E-state index in [0.29, 0.717) is 11.1 Å². The Bertz CT molecular complexity index is 675. The van der Waals surface area contributed by atoms with Gasteiger partial charge in [-0.05, 0) is 26.3 Å². The molecule has 1 heterocycles. The normalized spacial score (nSPS) is 15.8. The molecular formula is C18H22N2O3. The van der Waals surface area contributed by atoms with Crippen molar-refractivity contribution >= 4 is 11.9 Å². The molecule has 0 saturated heterocycles. The van der Waals surface area contributed by atoms with Crippen LogP contribution < -0.4 is 10.6 Å². The Hall–Kier alpha value is -2.56. The van der Waals surface area contributed by atoms with Crippen molar-refractivity contribution in [2.24, 2.45) is 0 Å². The fourth-order valence-corrected chi connectivity index (χ4v) is 2.58. The minimum absolute atomic E-state index is 0.113. The van der Waals surface area contributed by atoms with Crippen molar-refractivity contribution in [3.05, 3.63) is 58.4 Å².